The molecule has 38 heavy (non-hydrogen) atoms. The molecular weight excluding hydrogens is 490 g/mol. The van der Waals surface area contributed by atoms with E-state index < -0.39 is 0 Å². The Morgan fingerprint density at radius 3 is 2.24 bits per heavy atom. The maximum atomic E-state index is 6.16. The van der Waals surface area contributed by atoms with E-state index in [4.69, 9.17) is 19.2 Å². The van der Waals surface area contributed by atoms with Gasteiger partial charge in [0.15, 0.2) is 0 Å². The number of fused-ring (bicyclic) bond motifs is 1. The number of rotatable bonds is 7. The zero-order chi connectivity index (χ0) is 25.6. The minimum atomic E-state index is 0.557. The molecule has 4 aromatic rings. The molecule has 0 N–H and O–H groups in total. The van der Waals surface area contributed by atoms with Crippen LogP contribution in [0.15, 0.2) is 72.3 Å². The Labute approximate surface area is 228 Å². The standard InChI is InChI=1S/C33H33NO3S/c1-35-28-17-26(32(36-2)30-24-13-21-12-22(15-24)16-25(30)14-21)18-29-31(28)34-33(38-29)23-8-10-27(11-9-23)37-19-20-6-4-3-5-7-20/h3-11,17-18,21-22,24-25H,12-16,19H2,1-2H3. The largest absolute Gasteiger partial charge is 0.496 e. The van der Waals surface area contributed by atoms with Crippen LogP contribution in [0.2, 0.25) is 0 Å². The second-order valence-electron chi connectivity index (χ2n) is 11.1. The molecule has 4 aliphatic rings. The van der Waals surface area contributed by atoms with Gasteiger partial charge >= 0.3 is 0 Å². The Morgan fingerprint density at radius 2 is 1.58 bits per heavy atom. The number of nitrogens with zero attached hydrogens (tertiary/aromatic N) is 1. The van der Waals surface area contributed by atoms with Gasteiger partial charge in [0.2, 0.25) is 0 Å². The minimum absolute atomic E-state index is 0.557. The maximum Gasteiger partial charge on any atom is 0.146 e. The minimum Gasteiger partial charge on any atom is -0.496 e. The summed E-state index contributed by atoms with van der Waals surface area (Å²) in [6, 6.07) is 22.8. The zero-order valence-electron chi connectivity index (χ0n) is 22.0. The molecule has 0 radical (unpaired) electrons. The third-order valence-corrected chi connectivity index (χ3v) is 9.83. The average molecular weight is 524 g/mol. The lowest BCUT2D eigenvalue weighted by atomic mass is 9.54. The van der Waals surface area contributed by atoms with Gasteiger partial charge in [-0.3, -0.25) is 0 Å². The lowest BCUT2D eigenvalue weighted by molar-refractivity contribution is 0.0675. The van der Waals surface area contributed by atoms with Gasteiger partial charge in [-0.1, -0.05) is 30.3 Å². The third kappa shape index (κ3) is 4.27. The number of thiazole rings is 1. The van der Waals surface area contributed by atoms with Crippen molar-refractivity contribution in [2.24, 2.45) is 23.7 Å². The van der Waals surface area contributed by atoms with Crippen LogP contribution in [0.25, 0.3) is 26.5 Å². The molecule has 8 rings (SSSR count). The Bertz CT molecular complexity index is 1460. The lowest BCUT2D eigenvalue weighted by Gasteiger charge is -2.51. The zero-order valence-corrected chi connectivity index (χ0v) is 22.8. The molecule has 0 aliphatic heterocycles. The molecule has 3 aromatic carbocycles. The first-order valence-electron chi connectivity index (χ1n) is 13.7. The van der Waals surface area contributed by atoms with Gasteiger partial charge in [0, 0.05) is 11.1 Å². The summed E-state index contributed by atoms with van der Waals surface area (Å²) in [6.07, 6.45) is 6.80. The van der Waals surface area contributed by atoms with Crippen molar-refractivity contribution in [3.63, 3.8) is 0 Å². The summed E-state index contributed by atoms with van der Waals surface area (Å²) in [7, 11) is 3.57. The lowest BCUT2D eigenvalue weighted by Crippen LogP contribution is -2.40. The van der Waals surface area contributed by atoms with Crippen molar-refractivity contribution in [3.05, 3.63) is 83.4 Å². The van der Waals surface area contributed by atoms with E-state index in [2.05, 4.69) is 36.4 Å². The van der Waals surface area contributed by atoms with Gasteiger partial charge in [0.25, 0.3) is 0 Å². The first-order chi connectivity index (χ1) is 18.7. The van der Waals surface area contributed by atoms with Crippen molar-refractivity contribution in [1.82, 2.24) is 4.98 Å². The second kappa shape index (κ2) is 9.77. The fourth-order valence-electron chi connectivity index (χ4n) is 7.31. The molecule has 0 saturated heterocycles. The van der Waals surface area contributed by atoms with E-state index in [9.17, 15) is 0 Å². The summed E-state index contributed by atoms with van der Waals surface area (Å²) < 4.78 is 19.1. The van der Waals surface area contributed by atoms with Crippen molar-refractivity contribution in [1.29, 1.82) is 0 Å². The number of ether oxygens (including phenoxy) is 3. The predicted molar refractivity (Wildman–Crippen MR) is 153 cm³/mol. The van der Waals surface area contributed by atoms with Crippen LogP contribution in [-0.2, 0) is 11.3 Å². The highest BCUT2D eigenvalue weighted by atomic mass is 32.1. The summed E-state index contributed by atoms with van der Waals surface area (Å²) in [5, 5.41) is 0.978. The monoisotopic (exact) mass is 523 g/mol. The van der Waals surface area contributed by atoms with Crippen LogP contribution in [0.5, 0.6) is 11.5 Å². The number of methoxy groups -OCH3 is 2. The molecule has 194 valence electrons. The molecule has 4 bridgehead atoms. The van der Waals surface area contributed by atoms with E-state index in [-0.39, 0.29) is 0 Å². The van der Waals surface area contributed by atoms with Crippen LogP contribution in [0.4, 0.5) is 0 Å². The molecule has 0 spiro atoms. The van der Waals surface area contributed by atoms with Crippen molar-refractivity contribution >= 4 is 27.3 Å². The van der Waals surface area contributed by atoms with Gasteiger partial charge in [0.1, 0.15) is 34.4 Å². The van der Waals surface area contributed by atoms with Crippen molar-refractivity contribution in [2.45, 2.75) is 38.7 Å². The molecule has 4 saturated carbocycles. The van der Waals surface area contributed by atoms with Crippen LogP contribution >= 0.6 is 11.3 Å². The maximum absolute atomic E-state index is 6.16. The molecule has 4 nitrogen and oxygen atoms in total. The normalized spacial score (nSPS) is 23.6. The van der Waals surface area contributed by atoms with Gasteiger partial charge in [-0.15, -0.1) is 11.3 Å². The number of aromatic nitrogens is 1. The van der Waals surface area contributed by atoms with Gasteiger partial charge in [0.05, 0.1) is 18.9 Å². The number of hydrogen-bond donors (Lipinski definition) is 0. The SMILES string of the molecule is COC(=C1C2CC3CC(C2)CC1C3)c1cc(OC)c2nc(-c3ccc(OCc4ccccc4)cc3)sc2c1. The van der Waals surface area contributed by atoms with Crippen LogP contribution in [0.1, 0.15) is 43.2 Å². The Balaban J connectivity index is 1.19. The number of hydrogen-bond acceptors (Lipinski definition) is 5. The van der Waals surface area contributed by atoms with Crippen molar-refractivity contribution in [3.8, 4) is 22.1 Å². The van der Waals surface area contributed by atoms with Crippen molar-refractivity contribution < 1.29 is 14.2 Å². The smallest absolute Gasteiger partial charge is 0.146 e. The fourth-order valence-corrected chi connectivity index (χ4v) is 8.34. The first kappa shape index (κ1) is 23.8. The van der Waals surface area contributed by atoms with E-state index in [1.807, 2.05) is 37.4 Å². The van der Waals surface area contributed by atoms with Gasteiger partial charge in [-0.25, -0.2) is 4.98 Å². The Kier molecular flexibility index (Phi) is 6.12. The van der Waals surface area contributed by atoms with Gasteiger partial charge in [-0.2, -0.15) is 0 Å². The molecule has 0 amide bonds. The van der Waals surface area contributed by atoms with Crippen molar-refractivity contribution in [2.75, 3.05) is 14.2 Å². The van der Waals surface area contributed by atoms with Gasteiger partial charge in [-0.05, 0) is 103 Å². The molecule has 5 heteroatoms. The molecule has 0 unspecified atom stereocenters. The van der Waals surface area contributed by atoms with E-state index in [0.717, 1.165) is 61.0 Å². The molecule has 1 aromatic heterocycles. The highest BCUT2D eigenvalue weighted by molar-refractivity contribution is 7.21. The summed E-state index contributed by atoms with van der Waals surface area (Å²) in [6.45, 7) is 0.557. The van der Waals surface area contributed by atoms with Crippen LogP contribution in [-0.4, -0.2) is 19.2 Å². The Morgan fingerprint density at radius 1 is 0.868 bits per heavy atom. The quantitative estimate of drug-likeness (QED) is 0.228. The summed E-state index contributed by atoms with van der Waals surface area (Å²) in [5.74, 6) is 5.96. The van der Waals surface area contributed by atoms with Crippen LogP contribution < -0.4 is 9.47 Å². The average Bonchev–Trinajstić information content (AvgIpc) is 3.38. The van der Waals surface area contributed by atoms with Crippen LogP contribution in [0, 0.1) is 23.7 Å². The highest BCUT2D eigenvalue weighted by Gasteiger charge is 2.46. The second-order valence-corrected chi connectivity index (χ2v) is 12.2. The van der Waals surface area contributed by atoms with E-state index in [1.54, 1.807) is 24.0 Å². The highest BCUT2D eigenvalue weighted by Crippen LogP contribution is 2.58. The molecule has 4 aliphatic carbocycles. The topological polar surface area (TPSA) is 40.6 Å². The van der Waals surface area contributed by atoms with Crippen LogP contribution in [0.3, 0.4) is 0 Å². The number of allylic oxidation sites excluding steroid dienone is 1. The van der Waals surface area contributed by atoms with Gasteiger partial charge < -0.3 is 14.2 Å². The van der Waals surface area contributed by atoms with E-state index in [1.165, 1.54) is 32.1 Å². The van der Waals surface area contributed by atoms with E-state index in [0.29, 0.717) is 18.4 Å². The third-order valence-electron chi connectivity index (χ3n) is 8.78. The first-order valence-corrected chi connectivity index (χ1v) is 14.5. The fraction of sp³-hybridized carbons (Fsp3) is 0.364. The summed E-state index contributed by atoms with van der Waals surface area (Å²) in [5.41, 5.74) is 5.83. The predicted octanol–water partition coefficient (Wildman–Crippen LogP) is 8.36. The summed E-state index contributed by atoms with van der Waals surface area (Å²) in [4.78, 5) is 4.98. The van der Waals surface area contributed by atoms with E-state index >= 15 is 0 Å². The number of benzene rings is 3. The molecule has 0 atom stereocenters. The molecular formula is C33H33NO3S. The summed E-state index contributed by atoms with van der Waals surface area (Å²) >= 11 is 1.70. The molecule has 1 heterocycles. The Hall–Kier alpha value is -3.31. The molecule has 4 fully saturated rings.